The molecule has 0 spiro atoms. The minimum Gasteiger partial charge on any atom is -0.481 e. The van der Waals surface area contributed by atoms with Crippen molar-refractivity contribution >= 4 is 17.7 Å². The summed E-state index contributed by atoms with van der Waals surface area (Å²) in [6, 6.07) is 10.1. The van der Waals surface area contributed by atoms with Crippen LogP contribution in [0.5, 0.6) is 0 Å². The maximum absolute atomic E-state index is 11.2. The first-order chi connectivity index (χ1) is 11.6. The minimum absolute atomic E-state index is 0.0627. The molecule has 24 heavy (non-hydrogen) atoms. The first-order valence-corrected chi connectivity index (χ1v) is 10.5. The van der Waals surface area contributed by atoms with Gasteiger partial charge in [-0.1, -0.05) is 95.5 Å². The van der Waals surface area contributed by atoms with Crippen LogP contribution in [0, 0.1) is 0 Å². The number of carboxylic acid groups (broad SMARTS) is 1. The molecule has 2 nitrogen and oxygen atoms in total. The topological polar surface area (TPSA) is 37.3 Å². The molecule has 1 N–H and O–H groups in total. The molecule has 0 heterocycles. The molecule has 2 unspecified atom stereocenters. The van der Waals surface area contributed by atoms with Gasteiger partial charge in [0.15, 0.2) is 0 Å². The second kappa shape index (κ2) is 13.3. The summed E-state index contributed by atoms with van der Waals surface area (Å²) in [5.41, 5.74) is 1.13. The molecule has 0 amide bonds. The molecule has 0 aliphatic rings. The zero-order chi connectivity index (χ0) is 17.6. The summed E-state index contributed by atoms with van der Waals surface area (Å²) in [4.78, 5) is 11.2. The largest absolute Gasteiger partial charge is 0.481 e. The molecule has 0 aliphatic heterocycles. The highest BCUT2D eigenvalue weighted by atomic mass is 32.2. The number of aliphatic carboxylic acids is 1. The first kappa shape index (κ1) is 21.1. The van der Waals surface area contributed by atoms with Gasteiger partial charge in [0, 0.05) is 10.5 Å². The molecule has 2 atom stereocenters. The lowest BCUT2D eigenvalue weighted by Crippen LogP contribution is -2.07. The maximum atomic E-state index is 11.2. The molecule has 1 aromatic carbocycles. The lowest BCUT2D eigenvalue weighted by atomic mass is 10.1. The number of carbonyl (C=O) groups is 1. The second-order valence-electron chi connectivity index (χ2n) is 6.71. The van der Waals surface area contributed by atoms with Gasteiger partial charge in [-0.15, -0.1) is 0 Å². The Bertz CT molecular complexity index is 433. The predicted octanol–water partition coefficient (Wildman–Crippen LogP) is 6.85. The third-order valence-corrected chi connectivity index (χ3v) is 5.86. The standard InChI is InChI=1S/C21H34O2S/c1-3-4-5-6-7-8-9-11-14-18(2)24-20(17-21(22)23)19-15-12-10-13-16-19/h10,12-13,15-16,18,20H,3-9,11,14,17H2,1-2H3,(H,22,23). The van der Waals surface area contributed by atoms with Crippen LogP contribution in [-0.4, -0.2) is 16.3 Å². The van der Waals surface area contributed by atoms with E-state index in [1.165, 1.54) is 57.8 Å². The molecular weight excluding hydrogens is 316 g/mol. The summed E-state index contributed by atoms with van der Waals surface area (Å²) in [5.74, 6) is -0.712. The zero-order valence-electron chi connectivity index (χ0n) is 15.4. The number of carboxylic acids is 1. The van der Waals surface area contributed by atoms with E-state index >= 15 is 0 Å². The van der Waals surface area contributed by atoms with Crippen molar-refractivity contribution in [2.45, 2.75) is 88.6 Å². The van der Waals surface area contributed by atoms with Gasteiger partial charge in [0.05, 0.1) is 6.42 Å². The van der Waals surface area contributed by atoms with Gasteiger partial charge in [0.2, 0.25) is 0 Å². The average Bonchev–Trinajstić information content (AvgIpc) is 2.57. The minimum atomic E-state index is -0.712. The summed E-state index contributed by atoms with van der Waals surface area (Å²) in [7, 11) is 0. The highest BCUT2D eigenvalue weighted by Gasteiger charge is 2.18. The molecule has 0 saturated heterocycles. The summed E-state index contributed by atoms with van der Waals surface area (Å²) in [5, 5.41) is 9.75. The fraction of sp³-hybridized carbons (Fsp3) is 0.667. The number of unbranched alkanes of at least 4 members (excludes halogenated alkanes) is 7. The molecule has 0 radical (unpaired) electrons. The van der Waals surface area contributed by atoms with E-state index in [1.54, 1.807) is 0 Å². The van der Waals surface area contributed by atoms with Crippen molar-refractivity contribution in [2.75, 3.05) is 0 Å². The molecule has 0 bridgehead atoms. The third kappa shape index (κ3) is 10.0. The normalized spacial score (nSPS) is 13.6. The average molecular weight is 351 g/mol. The van der Waals surface area contributed by atoms with Crippen molar-refractivity contribution in [3.8, 4) is 0 Å². The summed E-state index contributed by atoms with van der Waals surface area (Å²) >= 11 is 1.82. The number of thioether (sulfide) groups is 1. The van der Waals surface area contributed by atoms with Crippen molar-refractivity contribution in [3.63, 3.8) is 0 Å². The molecule has 136 valence electrons. The Balaban J connectivity index is 2.25. The molecule has 0 saturated carbocycles. The molecule has 0 fully saturated rings. The Morgan fingerprint density at radius 3 is 2.17 bits per heavy atom. The summed E-state index contributed by atoms with van der Waals surface area (Å²) < 4.78 is 0. The zero-order valence-corrected chi connectivity index (χ0v) is 16.2. The third-order valence-electron chi connectivity index (χ3n) is 4.39. The van der Waals surface area contributed by atoms with Crippen LogP contribution in [0.25, 0.3) is 0 Å². The van der Waals surface area contributed by atoms with Crippen LogP contribution in [0.15, 0.2) is 30.3 Å². The molecule has 1 rings (SSSR count). The van der Waals surface area contributed by atoms with E-state index in [-0.39, 0.29) is 11.7 Å². The second-order valence-corrected chi connectivity index (χ2v) is 8.35. The lowest BCUT2D eigenvalue weighted by Gasteiger charge is -2.20. The molecule has 3 heteroatoms. The van der Waals surface area contributed by atoms with Gasteiger partial charge in [-0.2, -0.15) is 11.8 Å². The van der Waals surface area contributed by atoms with Crippen LogP contribution < -0.4 is 0 Å². The van der Waals surface area contributed by atoms with Crippen molar-refractivity contribution in [3.05, 3.63) is 35.9 Å². The molecule has 0 aliphatic carbocycles. The summed E-state index contributed by atoms with van der Waals surface area (Å²) in [6.07, 6.45) is 12.1. The quantitative estimate of drug-likeness (QED) is 0.373. The SMILES string of the molecule is CCCCCCCCCCC(C)SC(CC(=O)O)c1ccccc1. The highest BCUT2D eigenvalue weighted by Crippen LogP contribution is 2.36. The molecular formula is C21H34O2S. The van der Waals surface area contributed by atoms with Crippen molar-refractivity contribution in [1.29, 1.82) is 0 Å². The fourth-order valence-electron chi connectivity index (χ4n) is 2.98. The maximum Gasteiger partial charge on any atom is 0.304 e. The molecule has 0 aromatic heterocycles. The smallest absolute Gasteiger partial charge is 0.304 e. The van der Waals surface area contributed by atoms with E-state index in [1.807, 2.05) is 42.1 Å². The van der Waals surface area contributed by atoms with Gasteiger partial charge < -0.3 is 5.11 Å². The fourth-order valence-corrected chi connectivity index (χ4v) is 4.40. The Kier molecular flexibility index (Phi) is 11.7. The predicted molar refractivity (Wildman–Crippen MR) is 106 cm³/mol. The van der Waals surface area contributed by atoms with Gasteiger partial charge in [-0.25, -0.2) is 0 Å². The Morgan fingerprint density at radius 1 is 1.00 bits per heavy atom. The lowest BCUT2D eigenvalue weighted by molar-refractivity contribution is -0.137. The molecule has 1 aromatic rings. The van der Waals surface area contributed by atoms with Gasteiger partial charge >= 0.3 is 5.97 Å². The Hall–Kier alpha value is -0.960. The van der Waals surface area contributed by atoms with Crippen LogP contribution in [0.1, 0.15) is 88.9 Å². The van der Waals surface area contributed by atoms with Crippen molar-refractivity contribution in [1.82, 2.24) is 0 Å². The van der Waals surface area contributed by atoms with E-state index in [0.29, 0.717) is 5.25 Å². The Labute approximate surface area is 152 Å². The van der Waals surface area contributed by atoms with Crippen molar-refractivity contribution < 1.29 is 9.90 Å². The number of hydrogen-bond acceptors (Lipinski definition) is 2. The van der Waals surface area contributed by atoms with Gasteiger partial charge in [-0.05, 0) is 12.0 Å². The number of hydrogen-bond donors (Lipinski definition) is 1. The van der Waals surface area contributed by atoms with E-state index in [0.717, 1.165) is 5.56 Å². The first-order valence-electron chi connectivity index (χ1n) is 9.55. The highest BCUT2D eigenvalue weighted by molar-refractivity contribution is 8.00. The van der Waals surface area contributed by atoms with Crippen LogP contribution >= 0.6 is 11.8 Å². The van der Waals surface area contributed by atoms with Crippen LogP contribution in [0.3, 0.4) is 0 Å². The van der Waals surface area contributed by atoms with E-state index in [9.17, 15) is 9.90 Å². The van der Waals surface area contributed by atoms with E-state index < -0.39 is 5.97 Å². The van der Waals surface area contributed by atoms with Gasteiger partial charge in [-0.3, -0.25) is 4.79 Å². The van der Waals surface area contributed by atoms with Crippen molar-refractivity contribution in [2.24, 2.45) is 0 Å². The van der Waals surface area contributed by atoms with Crippen LogP contribution in [0.2, 0.25) is 0 Å². The summed E-state index contributed by atoms with van der Waals surface area (Å²) in [6.45, 7) is 4.50. The van der Waals surface area contributed by atoms with Crippen LogP contribution in [0.4, 0.5) is 0 Å². The number of rotatable bonds is 14. The van der Waals surface area contributed by atoms with Gasteiger partial charge in [0.25, 0.3) is 0 Å². The number of benzene rings is 1. The van der Waals surface area contributed by atoms with E-state index in [2.05, 4.69) is 13.8 Å². The van der Waals surface area contributed by atoms with Gasteiger partial charge in [0.1, 0.15) is 0 Å². The Morgan fingerprint density at radius 2 is 1.58 bits per heavy atom. The van der Waals surface area contributed by atoms with E-state index in [4.69, 9.17) is 0 Å². The van der Waals surface area contributed by atoms with Crippen LogP contribution in [-0.2, 0) is 4.79 Å². The monoisotopic (exact) mass is 350 g/mol.